The third kappa shape index (κ3) is 3.23. The SMILES string of the molecule is CN1CCc2c(c3ccccc3n2Cc2cccnc2)C1.Cl.Cl. The molecule has 4 rings (SSSR count). The molecule has 0 fully saturated rings. The van der Waals surface area contributed by atoms with Crippen LogP contribution in [0.25, 0.3) is 10.9 Å². The topological polar surface area (TPSA) is 21.1 Å². The summed E-state index contributed by atoms with van der Waals surface area (Å²) in [5, 5.41) is 1.41. The third-order valence-electron chi connectivity index (χ3n) is 4.42. The number of benzene rings is 1. The molecular weight excluding hydrogens is 329 g/mol. The normalized spacial score (nSPS) is 14.0. The van der Waals surface area contributed by atoms with Gasteiger partial charge in [-0.1, -0.05) is 24.3 Å². The van der Waals surface area contributed by atoms with Gasteiger partial charge in [-0.3, -0.25) is 4.98 Å². The van der Waals surface area contributed by atoms with Crippen molar-refractivity contribution >= 4 is 35.7 Å². The lowest BCUT2D eigenvalue weighted by molar-refractivity contribution is 0.310. The second-order valence-electron chi connectivity index (χ2n) is 5.88. The summed E-state index contributed by atoms with van der Waals surface area (Å²) in [7, 11) is 2.20. The Kier molecular flexibility index (Phi) is 5.69. The molecule has 23 heavy (non-hydrogen) atoms. The van der Waals surface area contributed by atoms with Gasteiger partial charge in [0.15, 0.2) is 0 Å². The highest BCUT2D eigenvalue weighted by Gasteiger charge is 2.21. The van der Waals surface area contributed by atoms with Gasteiger partial charge in [0.05, 0.1) is 0 Å². The van der Waals surface area contributed by atoms with E-state index in [4.69, 9.17) is 0 Å². The van der Waals surface area contributed by atoms with E-state index in [-0.39, 0.29) is 24.8 Å². The molecule has 3 heterocycles. The van der Waals surface area contributed by atoms with Gasteiger partial charge in [-0.05, 0) is 30.3 Å². The number of nitrogens with zero attached hydrogens (tertiary/aromatic N) is 3. The first-order chi connectivity index (χ1) is 10.3. The number of fused-ring (bicyclic) bond motifs is 3. The first-order valence-electron chi connectivity index (χ1n) is 7.49. The van der Waals surface area contributed by atoms with E-state index in [1.807, 2.05) is 18.5 Å². The maximum absolute atomic E-state index is 4.25. The van der Waals surface area contributed by atoms with Gasteiger partial charge >= 0.3 is 0 Å². The summed E-state index contributed by atoms with van der Waals surface area (Å²) in [5.41, 5.74) is 5.61. The Bertz CT molecular complexity index is 784. The van der Waals surface area contributed by atoms with Crippen LogP contribution in [0.4, 0.5) is 0 Å². The van der Waals surface area contributed by atoms with Crippen LogP contribution in [0.1, 0.15) is 16.8 Å². The fourth-order valence-electron chi connectivity index (χ4n) is 3.39. The lowest BCUT2D eigenvalue weighted by Gasteiger charge is -2.24. The van der Waals surface area contributed by atoms with Crippen LogP contribution in [0.3, 0.4) is 0 Å². The minimum absolute atomic E-state index is 0. The van der Waals surface area contributed by atoms with E-state index < -0.39 is 0 Å². The van der Waals surface area contributed by atoms with Gasteiger partial charge in [0.25, 0.3) is 0 Å². The van der Waals surface area contributed by atoms with Crippen LogP contribution in [-0.4, -0.2) is 28.0 Å². The van der Waals surface area contributed by atoms with Crippen molar-refractivity contribution in [2.45, 2.75) is 19.5 Å². The van der Waals surface area contributed by atoms with Gasteiger partial charge in [0.2, 0.25) is 0 Å². The van der Waals surface area contributed by atoms with Gasteiger partial charge in [0, 0.05) is 55.0 Å². The number of para-hydroxylation sites is 1. The number of aromatic nitrogens is 2. The Balaban J connectivity index is 0.000000960. The Morgan fingerprint density at radius 2 is 1.91 bits per heavy atom. The monoisotopic (exact) mass is 349 g/mol. The molecule has 1 aromatic carbocycles. The average molecular weight is 350 g/mol. The van der Waals surface area contributed by atoms with Crippen LogP contribution in [0, 0.1) is 0 Å². The van der Waals surface area contributed by atoms with Crippen molar-refractivity contribution in [2.24, 2.45) is 0 Å². The zero-order valence-electron chi connectivity index (χ0n) is 13.1. The highest BCUT2D eigenvalue weighted by Crippen LogP contribution is 2.31. The van der Waals surface area contributed by atoms with E-state index in [1.54, 1.807) is 0 Å². The molecule has 0 unspecified atom stereocenters. The van der Waals surface area contributed by atoms with Crippen molar-refractivity contribution in [2.75, 3.05) is 13.6 Å². The summed E-state index contributed by atoms with van der Waals surface area (Å²) in [6, 6.07) is 12.9. The van der Waals surface area contributed by atoms with Gasteiger partial charge in [0.1, 0.15) is 0 Å². The molecular formula is C18H21Cl2N3. The predicted octanol–water partition coefficient (Wildman–Crippen LogP) is 3.92. The molecule has 0 radical (unpaired) electrons. The van der Waals surface area contributed by atoms with Crippen LogP contribution in [0.15, 0.2) is 48.8 Å². The first kappa shape index (κ1) is 17.8. The molecule has 0 N–H and O–H groups in total. The van der Waals surface area contributed by atoms with E-state index in [9.17, 15) is 0 Å². The number of likely N-dealkylation sites (N-methyl/N-ethyl adjacent to an activating group) is 1. The fraction of sp³-hybridized carbons (Fsp3) is 0.278. The summed E-state index contributed by atoms with van der Waals surface area (Å²) >= 11 is 0. The fourth-order valence-corrected chi connectivity index (χ4v) is 3.39. The van der Waals surface area contributed by atoms with Crippen molar-refractivity contribution in [3.05, 3.63) is 65.6 Å². The number of halogens is 2. The van der Waals surface area contributed by atoms with E-state index in [0.717, 1.165) is 26.1 Å². The predicted molar refractivity (Wildman–Crippen MR) is 99.8 cm³/mol. The zero-order chi connectivity index (χ0) is 14.2. The van der Waals surface area contributed by atoms with Crippen LogP contribution >= 0.6 is 24.8 Å². The summed E-state index contributed by atoms with van der Waals surface area (Å²) in [6.45, 7) is 3.10. The average Bonchev–Trinajstić information content (AvgIpc) is 2.82. The second kappa shape index (κ2) is 7.35. The van der Waals surface area contributed by atoms with Crippen molar-refractivity contribution in [3.63, 3.8) is 0 Å². The second-order valence-corrected chi connectivity index (χ2v) is 5.88. The largest absolute Gasteiger partial charge is 0.340 e. The Morgan fingerprint density at radius 3 is 2.70 bits per heavy atom. The standard InChI is InChI=1S/C18H19N3.2ClH/c1-20-10-8-18-16(13-20)15-6-2-3-7-17(15)21(18)12-14-5-4-9-19-11-14;;/h2-7,9,11H,8,10,12-13H2,1H3;2*1H. The summed E-state index contributed by atoms with van der Waals surface area (Å²) in [5.74, 6) is 0. The number of hydrogen-bond donors (Lipinski definition) is 0. The van der Waals surface area contributed by atoms with Crippen LogP contribution < -0.4 is 0 Å². The molecule has 3 nitrogen and oxygen atoms in total. The van der Waals surface area contributed by atoms with E-state index >= 15 is 0 Å². The molecule has 0 atom stereocenters. The molecule has 0 aliphatic carbocycles. The molecule has 2 aromatic heterocycles. The summed E-state index contributed by atoms with van der Waals surface area (Å²) in [6.07, 6.45) is 4.93. The van der Waals surface area contributed by atoms with Crippen molar-refractivity contribution in [1.29, 1.82) is 0 Å². The molecule has 1 aliphatic rings. The lowest BCUT2D eigenvalue weighted by atomic mass is 10.1. The molecule has 0 bridgehead atoms. The van der Waals surface area contributed by atoms with Gasteiger partial charge in [-0.2, -0.15) is 0 Å². The van der Waals surface area contributed by atoms with Crippen molar-refractivity contribution in [1.82, 2.24) is 14.5 Å². The molecule has 0 spiro atoms. The zero-order valence-corrected chi connectivity index (χ0v) is 14.7. The Hall–Kier alpha value is -1.55. The minimum Gasteiger partial charge on any atom is -0.340 e. The van der Waals surface area contributed by atoms with Crippen LogP contribution in [0.5, 0.6) is 0 Å². The maximum atomic E-state index is 4.25. The van der Waals surface area contributed by atoms with Gasteiger partial charge in [-0.25, -0.2) is 0 Å². The molecule has 0 saturated carbocycles. The van der Waals surface area contributed by atoms with E-state index in [0.29, 0.717) is 0 Å². The Labute approximate surface area is 149 Å². The van der Waals surface area contributed by atoms with Gasteiger partial charge in [-0.15, -0.1) is 24.8 Å². The van der Waals surface area contributed by atoms with E-state index in [1.165, 1.54) is 27.7 Å². The number of rotatable bonds is 2. The Morgan fingerprint density at radius 1 is 1.09 bits per heavy atom. The van der Waals surface area contributed by atoms with Crippen molar-refractivity contribution in [3.8, 4) is 0 Å². The van der Waals surface area contributed by atoms with Crippen LogP contribution in [0.2, 0.25) is 0 Å². The molecule has 3 aromatic rings. The quantitative estimate of drug-likeness (QED) is 0.699. The molecule has 1 aliphatic heterocycles. The molecule has 5 heteroatoms. The maximum Gasteiger partial charge on any atom is 0.0494 e. The first-order valence-corrected chi connectivity index (χ1v) is 7.49. The van der Waals surface area contributed by atoms with Crippen molar-refractivity contribution < 1.29 is 0 Å². The lowest BCUT2D eigenvalue weighted by Crippen LogP contribution is -2.27. The van der Waals surface area contributed by atoms with Gasteiger partial charge < -0.3 is 9.47 Å². The third-order valence-corrected chi connectivity index (χ3v) is 4.42. The minimum atomic E-state index is 0. The summed E-state index contributed by atoms with van der Waals surface area (Å²) in [4.78, 5) is 6.65. The highest BCUT2D eigenvalue weighted by molar-refractivity contribution is 5.86. The van der Waals surface area contributed by atoms with Crippen LogP contribution in [-0.2, 0) is 19.5 Å². The molecule has 122 valence electrons. The summed E-state index contributed by atoms with van der Waals surface area (Å²) < 4.78 is 2.48. The van der Waals surface area contributed by atoms with E-state index in [2.05, 4.69) is 51.8 Å². The smallest absolute Gasteiger partial charge is 0.0494 e. The molecule has 0 amide bonds. The number of pyridine rings is 1. The molecule has 0 saturated heterocycles. The number of hydrogen-bond acceptors (Lipinski definition) is 2. The highest BCUT2D eigenvalue weighted by atomic mass is 35.5.